The minimum absolute atomic E-state index is 0.0364. The van der Waals surface area contributed by atoms with Crippen LogP contribution in [0.15, 0.2) is 48.5 Å². The van der Waals surface area contributed by atoms with Crippen molar-refractivity contribution in [2.75, 3.05) is 11.9 Å². The van der Waals surface area contributed by atoms with Crippen LogP contribution in [0.1, 0.15) is 24.0 Å². The normalized spacial score (nSPS) is 14.5. The van der Waals surface area contributed by atoms with Gasteiger partial charge in [0.2, 0.25) is 0 Å². The lowest BCUT2D eigenvalue weighted by atomic mass is 9.99. The van der Waals surface area contributed by atoms with Crippen molar-refractivity contribution in [3.8, 4) is 22.7 Å². The van der Waals surface area contributed by atoms with Crippen molar-refractivity contribution >= 4 is 5.82 Å². The summed E-state index contributed by atoms with van der Waals surface area (Å²) in [5, 5.41) is 7.64. The van der Waals surface area contributed by atoms with Crippen molar-refractivity contribution in [1.29, 1.82) is 0 Å². The van der Waals surface area contributed by atoms with Gasteiger partial charge in [-0.25, -0.2) is 4.68 Å². The Hall–Kier alpha value is -3.17. The predicted octanol–water partition coefficient (Wildman–Crippen LogP) is 6.20. The van der Waals surface area contributed by atoms with Gasteiger partial charge in [0.25, 0.3) is 0 Å². The van der Waals surface area contributed by atoms with Gasteiger partial charge in [0, 0.05) is 17.7 Å². The van der Waals surface area contributed by atoms with E-state index < -0.39 is 23.9 Å². The highest BCUT2D eigenvalue weighted by atomic mass is 19.4. The van der Waals surface area contributed by atoms with Crippen molar-refractivity contribution in [3.05, 3.63) is 59.7 Å². The Morgan fingerprint density at radius 1 is 0.903 bits per heavy atom. The van der Waals surface area contributed by atoms with E-state index in [1.165, 1.54) is 35.0 Å². The van der Waals surface area contributed by atoms with Gasteiger partial charge in [0.1, 0.15) is 11.6 Å². The molecular formula is C21H17F6N3O. The molecule has 0 saturated carbocycles. The van der Waals surface area contributed by atoms with Crippen LogP contribution in [0.25, 0.3) is 16.9 Å². The average molecular weight is 441 g/mol. The zero-order valence-corrected chi connectivity index (χ0v) is 16.0. The van der Waals surface area contributed by atoms with Crippen LogP contribution in [0.3, 0.4) is 0 Å². The van der Waals surface area contributed by atoms with Gasteiger partial charge in [-0.05, 0) is 49.6 Å². The van der Waals surface area contributed by atoms with Crippen LogP contribution in [0.4, 0.5) is 32.2 Å². The highest BCUT2D eigenvalue weighted by molar-refractivity contribution is 5.74. The van der Waals surface area contributed by atoms with Gasteiger partial charge in [0.15, 0.2) is 0 Å². The molecule has 1 aliphatic rings. The summed E-state index contributed by atoms with van der Waals surface area (Å²) in [4.78, 5) is 0. The molecule has 0 fully saturated rings. The van der Waals surface area contributed by atoms with E-state index in [1.54, 1.807) is 0 Å². The summed E-state index contributed by atoms with van der Waals surface area (Å²) >= 11 is 0. The number of nitrogens with zero attached hydrogens (tertiary/aromatic N) is 2. The van der Waals surface area contributed by atoms with E-state index in [4.69, 9.17) is 0 Å². The maximum Gasteiger partial charge on any atom is 0.573 e. The minimum atomic E-state index is -4.82. The second-order valence-corrected chi connectivity index (χ2v) is 7.06. The predicted molar refractivity (Wildman–Crippen MR) is 102 cm³/mol. The first-order chi connectivity index (χ1) is 14.6. The van der Waals surface area contributed by atoms with Gasteiger partial charge < -0.3 is 10.1 Å². The summed E-state index contributed by atoms with van der Waals surface area (Å²) in [6.07, 6.45) is -7.25. The molecule has 0 spiro atoms. The molecule has 2 aromatic carbocycles. The van der Waals surface area contributed by atoms with Gasteiger partial charge in [0.05, 0.1) is 16.9 Å². The van der Waals surface area contributed by atoms with Crippen molar-refractivity contribution in [3.63, 3.8) is 0 Å². The fraction of sp³-hybridized carbons (Fsp3) is 0.286. The first-order valence-corrected chi connectivity index (χ1v) is 9.52. The molecule has 0 saturated heterocycles. The fourth-order valence-corrected chi connectivity index (χ4v) is 3.63. The lowest BCUT2D eigenvalue weighted by molar-refractivity contribution is -0.274. The number of nitrogens with one attached hydrogen (secondary N) is 1. The molecule has 4 rings (SSSR count). The highest BCUT2D eigenvalue weighted by Gasteiger charge is 2.35. The maximum absolute atomic E-state index is 13.6. The van der Waals surface area contributed by atoms with Gasteiger partial charge in [-0.3, -0.25) is 0 Å². The third-order valence-corrected chi connectivity index (χ3v) is 4.93. The standard InChI is InChI=1S/C21H17F6N3O/c22-20(23,24)17-7-2-1-5-15(17)18-16-6-3-4-12-28-19(16)30(29-18)13-8-10-14(11-9-13)31-21(25,26)27/h1-2,5,7-11,28H,3-4,6,12H2. The van der Waals surface area contributed by atoms with E-state index in [0.717, 1.165) is 31.0 Å². The fourth-order valence-electron chi connectivity index (χ4n) is 3.63. The number of benzene rings is 2. The van der Waals surface area contributed by atoms with Crippen LogP contribution in [-0.4, -0.2) is 22.7 Å². The Morgan fingerprint density at radius 2 is 1.61 bits per heavy atom. The third kappa shape index (κ3) is 4.47. The third-order valence-electron chi connectivity index (χ3n) is 4.93. The molecule has 4 nitrogen and oxygen atoms in total. The summed E-state index contributed by atoms with van der Waals surface area (Å²) in [5.74, 6) is 0.138. The summed E-state index contributed by atoms with van der Waals surface area (Å²) in [6.45, 7) is 0.605. The topological polar surface area (TPSA) is 39.1 Å². The lowest BCUT2D eigenvalue weighted by Gasteiger charge is -2.12. The largest absolute Gasteiger partial charge is 0.573 e. The van der Waals surface area contributed by atoms with Gasteiger partial charge in [-0.1, -0.05) is 18.2 Å². The van der Waals surface area contributed by atoms with E-state index in [2.05, 4.69) is 15.2 Å². The Bertz CT molecular complexity index is 1070. The minimum Gasteiger partial charge on any atom is -0.406 e. The van der Waals surface area contributed by atoms with Gasteiger partial charge >= 0.3 is 12.5 Å². The number of halogens is 6. The number of hydrogen-bond donors (Lipinski definition) is 1. The SMILES string of the molecule is FC(F)(F)Oc1ccc(-n2nc(-c3ccccc3C(F)(F)F)c3c2NCCCC3)cc1. The van der Waals surface area contributed by atoms with Crippen molar-refractivity contribution in [2.45, 2.75) is 31.8 Å². The number of fused-ring (bicyclic) bond motifs is 1. The molecule has 0 atom stereocenters. The summed E-state index contributed by atoms with van der Waals surface area (Å²) in [7, 11) is 0. The second-order valence-electron chi connectivity index (χ2n) is 7.06. The molecule has 0 radical (unpaired) electrons. The molecule has 0 amide bonds. The number of anilines is 1. The molecule has 2 heterocycles. The summed E-state index contributed by atoms with van der Waals surface area (Å²) in [6, 6.07) is 10.2. The lowest BCUT2D eigenvalue weighted by Crippen LogP contribution is -2.17. The van der Waals surface area contributed by atoms with Crippen molar-refractivity contribution < 1.29 is 31.1 Å². The molecule has 164 valence electrons. The van der Waals surface area contributed by atoms with E-state index >= 15 is 0 Å². The van der Waals surface area contributed by atoms with E-state index in [-0.39, 0.29) is 11.3 Å². The molecule has 1 aromatic heterocycles. The van der Waals surface area contributed by atoms with Gasteiger partial charge in [-0.2, -0.15) is 18.3 Å². The first kappa shape index (κ1) is 21.1. The van der Waals surface area contributed by atoms with Gasteiger partial charge in [-0.15, -0.1) is 13.2 Å². The number of hydrogen-bond acceptors (Lipinski definition) is 3. The Balaban J connectivity index is 1.83. The quantitative estimate of drug-likeness (QED) is 0.492. The summed E-state index contributed by atoms with van der Waals surface area (Å²) in [5.41, 5.74) is 0.417. The second kappa shape index (κ2) is 7.82. The molecule has 0 bridgehead atoms. The van der Waals surface area contributed by atoms with E-state index in [0.29, 0.717) is 30.0 Å². The number of aromatic nitrogens is 2. The molecule has 0 aliphatic carbocycles. The van der Waals surface area contributed by atoms with Crippen LogP contribution in [-0.2, 0) is 12.6 Å². The molecular weight excluding hydrogens is 424 g/mol. The van der Waals surface area contributed by atoms with Crippen molar-refractivity contribution in [2.24, 2.45) is 0 Å². The van der Waals surface area contributed by atoms with Crippen LogP contribution in [0.2, 0.25) is 0 Å². The number of alkyl halides is 6. The molecule has 0 unspecified atom stereocenters. The van der Waals surface area contributed by atoms with Crippen molar-refractivity contribution in [1.82, 2.24) is 9.78 Å². The monoisotopic (exact) mass is 441 g/mol. The molecule has 1 aliphatic heterocycles. The Labute approximate surface area is 173 Å². The number of ether oxygens (including phenoxy) is 1. The molecule has 1 N–H and O–H groups in total. The summed E-state index contributed by atoms with van der Waals surface area (Å²) < 4.78 is 83.4. The highest BCUT2D eigenvalue weighted by Crippen LogP contribution is 2.41. The van der Waals surface area contributed by atoms with Crippen LogP contribution < -0.4 is 10.1 Å². The van der Waals surface area contributed by atoms with E-state index in [1.807, 2.05) is 0 Å². The van der Waals surface area contributed by atoms with Crippen LogP contribution >= 0.6 is 0 Å². The van der Waals surface area contributed by atoms with Crippen LogP contribution in [0.5, 0.6) is 5.75 Å². The smallest absolute Gasteiger partial charge is 0.406 e. The molecule has 31 heavy (non-hydrogen) atoms. The Kier molecular flexibility index (Phi) is 5.32. The number of rotatable bonds is 3. The zero-order chi connectivity index (χ0) is 22.2. The maximum atomic E-state index is 13.6. The zero-order valence-electron chi connectivity index (χ0n) is 16.0. The average Bonchev–Trinajstić information content (AvgIpc) is 2.88. The molecule has 10 heteroatoms. The van der Waals surface area contributed by atoms with E-state index in [9.17, 15) is 26.3 Å². The molecule has 3 aromatic rings. The Morgan fingerprint density at radius 3 is 2.29 bits per heavy atom. The first-order valence-electron chi connectivity index (χ1n) is 9.52. The van der Waals surface area contributed by atoms with Crippen LogP contribution in [0, 0.1) is 0 Å².